The average Bonchev–Trinajstić information content (AvgIpc) is 3.35. The molecule has 1 saturated carbocycles. The Kier molecular flexibility index (Phi) is 4.19. The molecule has 2 N–H and O–H groups in total. The summed E-state index contributed by atoms with van der Waals surface area (Å²) >= 11 is 0. The highest BCUT2D eigenvalue weighted by Crippen LogP contribution is 2.49. The van der Waals surface area contributed by atoms with E-state index in [0.29, 0.717) is 24.9 Å². The van der Waals surface area contributed by atoms with Crippen molar-refractivity contribution in [3.05, 3.63) is 47.0 Å². The molecule has 6 heteroatoms. The highest BCUT2D eigenvalue weighted by Gasteiger charge is 2.51. The lowest BCUT2D eigenvalue weighted by molar-refractivity contribution is -0.137. The van der Waals surface area contributed by atoms with E-state index < -0.39 is 17.2 Å². The standard InChI is InChI=1S/C17H19F3N2O/c18-17(19,20)14-3-1-2-13(10-14)16(6-7-16)15(23)22-11-12-4-8-21-9-5-12/h1-4,10,21H,5-9,11H2,(H,22,23). The first kappa shape index (κ1) is 16.1. The van der Waals surface area contributed by atoms with Gasteiger partial charge in [0.25, 0.3) is 0 Å². The highest BCUT2D eigenvalue weighted by molar-refractivity contribution is 5.91. The van der Waals surface area contributed by atoms with E-state index in [0.717, 1.165) is 37.2 Å². The average molecular weight is 324 g/mol. The molecule has 0 saturated heterocycles. The van der Waals surface area contributed by atoms with Crippen molar-refractivity contribution in [1.82, 2.24) is 10.6 Å². The van der Waals surface area contributed by atoms with Crippen LogP contribution in [0.15, 0.2) is 35.9 Å². The molecule has 0 bridgehead atoms. The maximum Gasteiger partial charge on any atom is 0.416 e. The van der Waals surface area contributed by atoms with E-state index in [9.17, 15) is 18.0 Å². The smallest absolute Gasteiger partial charge is 0.352 e. The van der Waals surface area contributed by atoms with Crippen LogP contribution in [0.25, 0.3) is 0 Å². The second-order valence-electron chi connectivity index (χ2n) is 6.16. The van der Waals surface area contributed by atoms with E-state index in [4.69, 9.17) is 0 Å². The summed E-state index contributed by atoms with van der Waals surface area (Å²) in [5.41, 5.74) is 0.144. The van der Waals surface area contributed by atoms with Gasteiger partial charge < -0.3 is 10.6 Å². The van der Waals surface area contributed by atoms with E-state index in [1.807, 2.05) is 6.08 Å². The van der Waals surface area contributed by atoms with Crippen LogP contribution in [0.4, 0.5) is 13.2 Å². The lowest BCUT2D eigenvalue weighted by Gasteiger charge is -2.19. The number of amides is 1. The third-order valence-corrected chi connectivity index (χ3v) is 4.56. The minimum atomic E-state index is -4.39. The molecule has 1 amide bonds. The van der Waals surface area contributed by atoms with Gasteiger partial charge in [-0.05, 0) is 37.4 Å². The minimum absolute atomic E-state index is 0.170. The van der Waals surface area contributed by atoms with Gasteiger partial charge in [0.1, 0.15) is 0 Å². The fourth-order valence-electron chi connectivity index (χ4n) is 2.96. The van der Waals surface area contributed by atoms with Gasteiger partial charge in [0.15, 0.2) is 0 Å². The molecule has 1 heterocycles. The molecule has 124 valence electrons. The number of carbonyl (C=O) groups excluding carboxylic acids is 1. The van der Waals surface area contributed by atoms with Crippen LogP contribution in [0, 0.1) is 0 Å². The van der Waals surface area contributed by atoms with Gasteiger partial charge in [-0.3, -0.25) is 4.79 Å². The maximum atomic E-state index is 12.9. The molecule has 0 aromatic heterocycles. The van der Waals surface area contributed by atoms with E-state index in [2.05, 4.69) is 10.6 Å². The molecule has 0 spiro atoms. The lowest BCUT2D eigenvalue weighted by Crippen LogP contribution is -2.37. The monoisotopic (exact) mass is 324 g/mol. The highest BCUT2D eigenvalue weighted by atomic mass is 19.4. The summed E-state index contributed by atoms with van der Waals surface area (Å²) < 4.78 is 38.6. The van der Waals surface area contributed by atoms with Crippen LogP contribution >= 0.6 is 0 Å². The first-order valence-electron chi connectivity index (χ1n) is 7.76. The maximum absolute atomic E-state index is 12.9. The van der Waals surface area contributed by atoms with Crippen LogP contribution in [0.1, 0.15) is 30.4 Å². The van der Waals surface area contributed by atoms with Crippen molar-refractivity contribution in [3.8, 4) is 0 Å². The van der Waals surface area contributed by atoms with Crippen molar-refractivity contribution < 1.29 is 18.0 Å². The molecule has 3 nitrogen and oxygen atoms in total. The Balaban J connectivity index is 1.71. The van der Waals surface area contributed by atoms with Gasteiger partial charge in [-0.2, -0.15) is 13.2 Å². The summed E-state index contributed by atoms with van der Waals surface area (Å²) in [6.45, 7) is 2.16. The third-order valence-electron chi connectivity index (χ3n) is 4.56. The predicted molar refractivity (Wildman–Crippen MR) is 80.9 cm³/mol. The fraction of sp³-hybridized carbons (Fsp3) is 0.471. The number of halogens is 3. The molecule has 2 aliphatic rings. The largest absolute Gasteiger partial charge is 0.416 e. The van der Waals surface area contributed by atoms with Crippen molar-refractivity contribution in [3.63, 3.8) is 0 Å². The number of hydrogen-bond acceptors (Lipinski definition) is 2. The van der Waals surface area contributed by atoms with Crippen LogP contribution in [0.5, 0.6) is 0 Å². The predicted octanol–water partition coefficient (Wildman–Crippen LogP) is 2.77. The number of nitrogens with one attached hydrogen (secondary N) is 2. The number of rotatable bonds is 4. The molecule has 1 fully saturated rings. The van der Waals surface area contributed by atoms with Gasteiger partial charge in [0.05, 0.1) is 11.0 Å². The zero-order valence-electron chi connectivity index (χ0n) is 12.7. The van der Waals surface area contributed by atoms with Gasteiger partial charge in [-0.1, -0.05) is 29.8 Å². The topological polar surface area (TPSA) is 41.1 Å². The van der Waals surface area contributed by atoms with E-state index in [1.54, 1.807) is 6.07 Å². The van der Waals surface area contributed by atoms with Crippen LogP contribution in [0.3, 0.4) is 0 Å². The van der Waals surface area contributed by atoms with E-state index >= 15 is 0 Å². The molecule has 0 unspecified atom stereocenters. The van der Waals surface area contributed by atoms with Crippen LogP contribution in [-0.4, -0.2) is 25.5 Å². The van der Waals surface area contributed by atoms with Gasteiger partial charge >= 0.3 is 6.18 Å². The van der Waals surface area contributed by atoms with Crippen molar-refractivity contribution in [2.45, 2.75) is 30.9 Å². The summed E-state index contributed by atoms with van der Waals surface area (Å²) in [5, 5.41) is 6.09. The number of carbonyl (C=O) groups is 1. The SMILES string of the molecule is O=C(NCC1=CCNCC1)C1(c2cccc(C(F)(F)F)c2)CC1. The Hall–Kier alpha value is -1.82. The van der Waals surface area contributed by atoms with Gasteiger partial charge in [0.2, 0.25) is 5.91 Å². The van der Waals surface area contributed by atoms with Crippen LogP contribution in [-0.2, 0) is 16.4 Å². The molecule has 0 atom stereocenters. The van der Waals surface area contributed by atoms with Crippen LogP contribution in [0.2, 0.25) is 0 Å². The van der Waals surface area contributed by atoms with Gasteiger partial charge in [0, 0.05) is 13.1 Å². The molecule has 1 aliphatic carbocycles. The summed E-state index contributed by atoms with van der Waals surface area (Å²) in [7, 11) is 0. The molecular formula is C17H19F3N2O. The molecule has 3 rings (SSSR count). The van der Waals surface area contributed by atoms with Crippen molar-refractivity contribution in [2.24, 2.45) is 0 Å². The number of hydrogen-bond donors (Lipinski definition) is 2. The molecule has 0 radical (unpaired) electrons. The normalized spacial score (nSPS) is 19.9. The summed E-state index contributed by atoms with van der Waals surface area (Å²) in [5.74, 6) is -0.170. The summed E-state index contributed by atoms with van der Waals surface area (Å²) in [6.07, 6.45) is -0.256. The molecular weight excluding hydrogens is 305 g/mol. The zero-order valence-corrected chi connectivity index (χ0v) is 12.7. The molecule has 1 aromatic carbocycles. The summed E-state index contributed by atoms with van der Waals surface area (Å²) in [4.78, 5) is 12.5. The third kappa shape index (κ3) is 3.42. The molecule has 1 aromatic rings. The second kappa shape index (κ2) is 6.00. The number of alkyl halides is 3. The minimum Gasteiger partial charge on any atom is -0.352 e. The Morgan fingerprint density at radius 2 is 2.09 bits per heavy atom. The van der Waals surface area contributed by atoms with Gasteiger partial charge in [-0.25, -0.2) is 0 Å². The summed E-state index contributed by atoms with van der Waals surface area (Å²) in [6, 6.07) is 5.14. The molecule has 23 heavy (non-hydrogen) atoms. The van der Waals surface area contributed by atoms with Crippen molar-refractivity contribution >= 4 is 5.91 Å². The second-order valence-corrected chi connectivity index (χ2v) is 6.16. The Labute approximate surface area is 133 Å². The lowest BCUT2D eigenvalue weighted by atomic mass is 9.93. The van der Waals surface area contributed by atoms with E-state index in [1.165, 1.54) is 6.07 Å². The Morgan fingerprint density at radius 3 is 2.70 bits per heavy atom. The van der Waals surface area contributed by atoms with Crippen molar-refractivity contribution in [2.75, 3.05) is 19.6 Å². The Bertz CT molecular complexity index is 633. The van der Waals surface area contributed by atoms with Gasteiger partial charge in [-0.15, -0.1) is 0 Å². The first-order chi connectivity index (χ1) is 10.9. The first-order valence-corrected chi connectivity index (χ1v) is 7.76. The number of benzene rings is 1. The fourth-order valence-corrected chi connectivity index (χ4v) is 2.96. The van der Waals surface area contributed by atoms with Crippen molar-refractivity contribution in [1.29, 1.82) is 0 Å². The quantitative estimate of drug-likeness (QED) is 0.836. The van der Waals surface area contributed by atoms with E-state index in [-0.39, 0.29) is 5.91 Å². The zero-order chi connectivity index (χ0) is 16.5. The molecule has 1 aliphatic heterocycles. The Morgan fingerprint density at radius 1 is 1.30 bits per heavy atom. The van der Waals surface area contributed by atoms with Crippen LogP contribution < -0.4 is 10.6 Å².